The van der Waals surface area contributed by atoms with Crippen LogP contribution in [0.5, 0.6) is 0 Å². The highest BCUT2D eigenvalue weighted by atomic mass is 35.5. The predicted molar refractivity (Wildman–Crippen MR) is 78.6 cm³/mol. The Morgan fingerprint density at radius 1 is 1.21 bits per heavy atom. The van der Waals surface area contributed by atoms with Gasteiger partial charge in [-0.1, -0.05) is 35.3 Å². The van der Waals surface area contributed by atoms with E-state index < -0.39 is 0 Å². The van der Waals surface area contributed by atoms with Gasteiger partial charge in [-0.25, -0.2) is 4.98 Å². The fourth-order valence-corrected chi connectivity index (χ4v) is 2.57. The van der Waals surface area contributed by atoms with Crippen LogP contribution in [0.3, 0.4) is 0 Å². The third-order valence-electron chi connectivity index (χ3n) is 2.93. The fraction of sp³-hybridized carbons (Fsp3) is 0.0714. The lowest BCUT2D eigenvalue weighted by Crippen LogP contribution is -1.92. The molecule has 0 aliphatic carbocycles. The Bertz CT molecular complexity index is 760. The molecular weight excluding hydrogens is 283 g/mol. The topological polar surface area (TPSA) is 52.0 Å². The molecule has 2 aromatic carbocycles. The zero-order chi connectivity index (χ0) is 13.6. The van der Waals surface area contributed by atoms with Crippen LogP contribution in [-0.4, -0.2) is 4.98 Å². The number of fused-ring (bicyclic) bond motifs is 1. The van der Waals surface area contributed by atoms with Gasteiger partial charge in [0.25, 0.3) is 0 Å². The third kappa shape index (κ3) is 2.05. The molecule has 0 spiro atoms. The van der Waals surface area contributed by atoms with Crippen molar-refractivity contribution >= 4 is 40.0 Å². The summed E-state index contributed by atoms with van der Waals surface area (Å²) < 4.78 is 5.72. The van der Waals surface area contributed by atoms with Gasteiger partial charge >= 0.3 is 0 Å². The molecule has 0 amide bonds. The molecule has 19 heavy (non-hydrogen) atoms. The first-order valence-electron chi connectivity index (χ1n) is 5.67. The van der Waals surface area contributed by atoms with E-state index in [2.05, 4.69) is 4.98 Å². The van der Waals surface area contributed by atoms with Crippen molar-refractivity contribution in [3.8, 4) is 11.5 Å². The Morgan fingerprint density at radius 3 is 2.74 bits per heavy atom. The zero-order valence-electron chi connectivity index (χ0n) is 10.1. The second kappa shape index (κ2) is 4.44. The van der Waals surface area contributed by atoms with E-state index in [9.17, 15) is 0 Å². The van der Waals surface area contributed by atoms with E-state index in [1.807, 2.05) is 25.1 Å². The summed E-state index contributed by atoms with van der Waals surface area (Å²) in [5, 5.41) is 0.962. The van der Waals surface area contributed by atoms with Gasteiger partial charge in [0.05, 0.1) is 10.6 Å². The Labute approximate surface area is 119 Å². The maximum absolute atomic E-state index is 6.09. The quantitative estimate of drug-likeness (QED) is 0.662. The number of nitrogens with two attached hydrogens (primary N) is 1. The molecule has 0 bridgehead atoms. The molecule has 0 atom stereocenters. The summed E-state index contributed by atoms with van der Waals surface area (Å²) in [6.07, 6.45) is 0. The summed E-state index contributed by atoms with van der Waals surface area (Å²) in [5.41, 5.74) is 9.52. The highest BCUT2D eigenvalue weighted by Crippen LogP contribution is 2.35. The Hall–Kier alpha value is -1.71. The second-order valence-corrected chi connectivity index (χ2v) is 5.14. The lowest BCUT2D eigenvalue weighted by Gasteiger charge is -2.04. The minimum absolute atomic E-state index is 0.438. The molecule has 3 aromatic rings. The van der Waals surface area contributed by atoms with E-state index >= 15 is 0 Å². The highest BCUT2D eigenvalue weighted by Gasteiger charge is 2.15. The standard InChI is InChI=1S/C14H10Cl2N2O/c1-7-3-2-4-10(17)12(7)14-18-11-6-8(15)5-9(16)13(11)19-14/h2-6H,17H2,1H3. The van der Waals surface area contributed by atoms with Crippen LogP contribution in [0.2, 0.25) is 10.0 Å². The van der Waals surface area contributed by atoms with Crippen molar-refractivity contribution < 1.29 is 4.42 Å². The van der Waals surface area contributed by atoms with Crippen LogP contribution < -0.4 is 5.73 Å². The van der Waals surface area contributed by atoms with Gasteiger partial charge in [0.2, 0.25) is 5.89 Å². The SMILES string of the molecule is Cc1cccc(N)c1-c1nc2cc(Cl)cc(Cl)c2o1. The van der Waals surface area contributed by atoms with Crippen molar-refractivity contribution in [3.63, 3.8) is 0 Å². The van der Waals surface area contributed by atoms with Crippen LogP contribution in [-0.2, 0) is 0 Å². The number of hydrogen-bond acceptors (Lipinski definition) is 3. The largest absolute Gasteiger partial charge is 0.434 e. The van der Waals surface area contributed by atoms with Gasteiger partial charge in [-0.05, 0) is 30.7 Å². The van der Waals surface area contributed by atoms with E-state index in [0.717, 1.165) is 11.1 Å². The first kappa shape index (κ1) is 12.3. The third-order valence-corrected chi connectivity index (χ3v) is 3.43. The van der Waals surface area contributed by atoms with Crippen molar-refractivity contribution in [2.45, 2.75) is 6.92 Å². The van der Waals surface area contributed by atoms with E-state index in [0.29, 0.717) is 32.7 Å². The van der Waals surface area contributed by atoms with E-state index in [1.54, 1.807) is 12.1 Å². The van der Waals surface area contributed by atoms with Gasteiger partial charge in [-0.15, -0.1) is 0 Å². The minimum atomic E-state index is 0.438. The number of nitrogen functional groups attached to an aromatic ring is 1. The lowest BCUT2D eigenvalue weighted by molar-refractivity contribution is 0.620. The Balaban J connectivity index is 2.30. The van der Waals surface area contributed by atoms with Crippen molar-refractivity contribution in [3.05, 3.63) is 45.9 Å². The summed E-state index contributed by atoms with van der Waals surface area (Å²) in [4.78, 5) is 4.41. The minimum Gasteiger partial charge on any atom is -0.434 e. The number of hydrogen-bond donors (Lipinski definition) is 1. The van der Waals surface area contributed by atoms with Crippen LogP contribution in [0.1, 0.15) is 5.56 Å². The van der Waals surface area contributed by atoms with Crippen LogP contribution >= 0.6 is 23.2 Å². The number of aryl methyl sites for hydroxylation is 1. The van der Waals surface area contributed by atoms with E-state index in [-0.39, 0.29) is 0 Å². The maximum atomic E-state index is 6.09. The monoisotopic (exact) mass is 292 g/mol. The lowest BCUT2D eigenvalue weighted by atomic mass is 10.1. The first-order valence-corrected chi connectivity index (χ1v) is 6.43. The molecule has 96 valence electrons. The Morgan fingerprint density at radius 2 is 2.00 bits per heavy atom. The highest BCUT2D eigenvalue weighted by molar-refractivity contribution is 6.38. The summed E-state index contributed by atoms with van der Waals surface area (Å²) in [6, 6.07) is 8.99. The second-order valence-electron chi connectivity index (χ2n) is 4.29. The van der Waals surface area contributed by atoms with Crippen LogP contribution in [0.4, 0.5) is 5.69 Å². The molecule has 2 N–H and O–H groups in total. The predicted octanol–water partition coefficient (Wildman–Crippen LogP) is 4.69. The molecule has 0 aliphatic heterocycles. The van der Waals surface area contributed by atoms with Gasteiger partial charge in [-0.2, -0.15) is 0 Å². The van der Waals surface area contributed by atoms with Gasteiger partial charge in [-0.3, -0.25) is 0 Å². The summed E-state index contributed by atoms with van der Waals surface area (Å²) in [5.74, 6) is 0.453. The van der Waals surface area contributed by atoms with Crippen molar-refractivity contribution in [2.24, 2.45) is 0 Å². The number of oxazole rings is 1. The van der Waals surface area contributed by atoms with Crippen LogP contribution in [0, 0.1) is 6.92 Å². The smallest absolute Gasteiger partial charge is 0.229 e. The fourth-order valence-electron chi connectivity index (χ4n) is 2.05. The maximum Gasteiger partial charge on any atom is 0.229 e. The molecule has 1 heterocycles. The number of halogens is 2. The molecule has 0 fully saturated rings. The number of anilines is 1. The van der Waals surface area contributed by atoms with Gasteiger partial charge in [0, 0.05) is 10.7 Å². The summed E-state index contributed by atoms with van der Waals surface area (Å²) in [7, 11) is 0. The molecule has 0 aliphatic rings. The van der Waals surface area contributed by atoms with Crippen molar-refractivity contribution in [2.75, 3.05) is 5.73 Å². The van der Waals surface area contributed by atoms with E-state index in [4.69, 9.17) is 33.4 Å². The van der Waals surface area contributed by atoms with Crippen molar-refractivity contribution in [1.29, 1.82) is 0 Å². The zero-order valence-corrected chi connectivity index (χ0v) is 11.6. The average molecular weight is 293 g/mol. The molecular formula is C14H10Cl2N2O. The molecule has 3 rings (SSSR count). The normalized spacial score (nSPS) is 11.1. The van der Waals surface area contributed by atoms with Crippen LogP contribution in [0.15, 0.2) is 34.7 Å². The number of aromatic nitrogens is 1. The molecule has 5 heteroatoms. The van der Waals surface area contributed by atoms with Gasteiger partial charge < -0.3 is 10.2 Å². The Kier molecular flexibility index (Phi) is 2.88. The summed E-state index contributed by atoms with van der Waals surface area (Å²) >= 11 is 12.0. The molecule has 0 unspecified atom stereocenters. The molecule has 0 saturated heterocycles. The average Bonchev–Trinajstić information content (AvgIpc) is 2.72. The van der Waals surface area contributed by atoms with E-state index in [1.165, 1.54) is 0 Å². The van der Waals surface area contributed by atoms with Crippen LogP contribution in [0.25, 0.3) is 22.6 Å². The van der Waals surface area contributed by atoms with Crippen molar-refractivity contribution in [1.82, 2.24) is 4.98 Å². The number of benzene rings is 2. The first-order chi connectivity index (χ1) is 9.06. The molecule has 0 saturated carbocycles. The number of nitrogens with zero attached hydrogens (tertiary/aromatic N) is 1. The molecule has 3 nitrogen and oxygen atoms in total. The summed E-state index contributed by atoms with van der Waals surface area (Å²) in [6.45, 7) is 1.95. The molecule has 1 aromatic heterocycles. The molecule has 0 radical (unpaired) electrons. The van der Waals surface area contributed by atoms with Gasteiger partial charge in [0.1, 0.15) is 5.52 Å². The number of rotatable bonds is 1. The van der Waals surface area contributed by atoms with Gasteiger partial charge in [0.15, 0.2) is 5.58 Å².